The Morgan fingerprint density at radius 2 is 1.73 bits per heavy atom. The minimum atomic E-state index is -0.785. The van der Waals surface area contributed by atoms with Crippen LogP contribution in [0.2, 0.25) is 5.02 Å². The van der Waals surface area contributed by atoms with E-state index in [9.17, 15) is 9.59 Å². The number of rotatable bonds is 7. The maximum atomic E-state index is 12.2. The highest BCUT2D eigenvalue weighted by atomic mass is 35.5. The topological polar surface area (TPSA) is 76.7 Å². The highest BCUT2D eigenvalue weighted by molar-refractivity contribution is 6.40. The molecule has 1 atom stereocenters. The summed E-state index contributed by atoms with van der Waals surface area (Å²) in [7, 11) is 1.57. The number of carbonyl (C=O) groups excluding carboxylic acids is 2. The molecule has 0 heterocycles. The van der Waals surface area contributed by atoms with E-state index in [1.807, 2.05) is 6.07 Å². The van der Waals surface area contributed by atoms with Crippen LogP contribution in [0.15, 0.2) is 48.5 Å². The van der Waals surface area contributed by atoms with Crippen molar-refractivity contribution >= 4 is 29.1 Å². The molecule has 0 aromatic heterocycles. The normalized spacial score (nSPS) is 11.5. The Hall–Kier alpha value is -2.57. The molecule has 0 aliphatic carbocycles. The molecule has 0 radical (unpaired) electrons. The number of ether oxygens (including phenoxy) is 2. The number of hydrogen-bond donors (Lipinski definition) is 2. The molecule has 0 bridgehead atoms. The lowest BCUT2D eigenvalue weighted by Gasteiger charge is -2.16. The van der Waals surface area contributed by atoms with E-state index in [4.69, 9.17) is 21.1 Å². The van der Waals surface area contributed by atoms with Gasteiger partial charge in [0.25, 0.3) is 0 Å². The van der Waals surface area contributed by atoms with Crippen LogP contribution in [0.5, 0.6) is 5.75 Å². The summed E-state index contributed by atoms with van der Waals surface area (Å²) in [4.78, 5) is 24.4. The van der Waals surface area contributed by atoms with Crippen molar-refractivity contribution in [1.29, 1.82) is 0 Å². The van der Waals surface area contributed by atoms with E-state index < -0.39 is 17.9 Å². The first-order valence-corrected chi connectivity index (χ1v) is 8.47. The lowest BCUT2D eigenvalue weighted by molar-refractivity contribution is -0.136. The average Bonchev–Trinajstić information content (AvgIpc) is 2.63. The van der Waals surface area contributed by atoms with Crippen molar-refractivity contribution in [2.24, 2.45) is 0 Å². The molecule has 7 heteroatoms. The zero-order valence-electron chi connectivity index (χ0n) is 14.6. The zero-order valence-corrected chi connectivity index (χ0v) is 15.4. The number of anilines is 1. The molecule has 0 aliphatic heterocycles. The number of methoxy groups -OCH3 is 1. The standard InChI is InChI=1S/C19H21ClN2O4/c1-13(14-7-3-4-8-15(14)20)21-18(23)19(24)22-16-9-5-6-10-17(16)26-12-11-25-2/h3-10,13H,11-12H2,1-2H3,(H,21,23)(H,22,24). The van der Waals surface area contributed by atoms with Crippen molar-refractivity contribution in [3.8, 4) is 5.75 Å². The van der Waals surface area contributed by atoms with Gasteiger partial charge in [0.05, 0.1) is 18.3 Å². The molecule has 0 fully saturated rings. The van der Waals surface area contributed by atoms with Crippen LogP contribution in [-0.2, 0) is 14.3 Å². The van der Waals surface area contributed by atoms with Gasteiger partial charge in [0, 0.05) is 12.1 Å². The van der Waals surface area contributed by atoms with Gasteiger partial charge in [-0.25, -0.2) is 0 Å². The lowest BCUT2D eigenvalue weighted by Crippen LogP contribution is -2.37. The summed E-state index contributed by atoms with van der Waals surface area (Å²) in [5, 5.41) is 5.72. The van der Waals surface area contributed by atoms with E-state index in [0.717, 1.165) is 5.56 Å². The molecule has 2 rings (SSSR count). The third-order valence-electron chi connectivity index (χ3n) is 3.61. The fraction of sp³-hybridized carbons (Fsp3) is 0.263. The summed E-state index contributed by atoms with van der Waals surface area (Å²) in [6.07, 6.45) is 0. The quantitative estimate of drug-likeness (QED) is 0.574. The van der Waals surface area contributed by atoms with Crippen molar-refractivity contribution in [2.75, 3.05) is 25.6 Å². The van der Waals surface area contributed by atoms with Gasteiger partial charge in [0.15, 0.2) is 0 Å². The van der Waals surface area contributed by atoms with E-state index in [1.54, 1.807) is 56.5 Å². The van der Waals surface area contributed by atoms with Crippen LogP contribution in [0.1, 0.15) is 18.5 Å². The lowest BCUT2D eigenvalue weighted by atomic mass is 10.1. The number of hydrogen-bond acceptors (Lipinski definition) is 4. The second kappa shape index (κ2) is 9.79. The number of carbonyl (C=O) groups is 2. The van der Waals surface area contributed by atoms with Crippen LogP contribution in [0.3, 0.4) is 0 Å². The molecule has 138 valence electrons. The maximum absolute atomic E-state index is 12.2. The Balaban J connectivity index is 1.99. The van der Waals surface area contributed by atoms with Gasteiger partial charge in [0.2, 0.25) is 0 Å². The second-order valence-corrected chi connectivity index (χ2v) is 5.92. The molecule has 2 aromatic carbocycles. The Labute approximate surface area is 157 Å². The Bertz CT molecular complexity index is 767. The average molecular weight is 377 g/mol. The molecule has 0 aliphatic rings. The van der Waals surface area contributed by atoms with E-state index >= 15 is 0 Å². The van der Waals surface area contributed by atoms with Crippen molar-refractivity contribution < 1.29 is 19.1 Å². The first-order valence-electron chi connectivity index (χ1n) is 8.10. The van der Waals surface area contributed by atoms with E-state index in [-0.39, 0.29) is 0 Å². The second-order valence-electron chi connectivity index (χ2n) is 5.51. The molecular formula is C19H21ClN2O4. The predicted molar refractivity (Wildman–Crippen MR) is 100 cm³/mol. The van der Waals surface area contributed by atoms with Gasteiger partial charge in [-0.1, -0.05) is 41.9 Å². The molecule has 0 saturated heterocycles. The van der Waals surface area contributed by atoms with Gasteiger partial charge in [0.1, 0.15) is 12.4 Å². The first kappa shape index (κ1) is 19.8. The molecular weight excluding hydrogens is 356 g/mol. The van der Waals surface area contributed by atoms with Gasteiger partial charge in [-0.2, -0.15) is 0 Å². The molecule has 2 N–H and O–H groups in total. The van der Waals surface area contributed by atoms with E-state index in [2.05, 4.69) is 10.6 Å². The fourth-order valence-corrected chi connectivity index (χ4v) is 2.58. The van der Waals surface area contributed by atoms with Crippen molar-refractivity contribution in [3.05, 3.63) is 59.1 Å². The molecule has 0 saturated carbocycles. The Morgan fingerprint density at radius 1 is 1.04 bits per heavy atom. The van der Waals surface area contributed by atoms with Gasteiger partial charge < -0.3 is 20.1 Å². The number of halogens is 1. The Kier molecular flexibility index (Phi) is 7.44. The third-order valence-corrected chi connectivity index (χ3v) is 3.95. The molecule has 1 unspecified atom stereocenters. The van der Waals surface area contributed by atoms with Crippen LogP contribution in [0.4, 0.5) is 5.69 Å². The van der Waals surface area contributed by atoms with Gasteiger partial charge in [-0.15, -0.1) is 0 Å². The monoisotopic (exact) mass is 376 g/mol. The molecule has 6 nitrogen and oxygen atoms in total. The van der Waals surface area contributed by atoms with E-state index in [0.29, 0.717) is 29.7 Å². The SMILES string of the molecule is COCCOc1ccccc1NC(=O)C(=O)NC(C)c1ccccc1Cl. The summed E-state index contributed by atoms with van der Waals surface area (Å²) in [5.41, 5.74) is 1.15. The number of para-hydroxylation sites is 2. The Morgan fingerprint density at radius 3 is 2.46 bits per heavy atom. The number of nitrogens with one attached hydrogen (secondary N) is 2. The fourth-order valence-electron chi connectivity index (χ4n) is 2.28. The summed E-state index contributed by atoms with van der Waals surface area (Å²) in [5.74, 6) is -1.08. The van der Waals surface area contributed by atoms with Crippen LogP contribution in [0.25, 0.3) is 0 Å². The van der Waals surface area contributed by atoms with Crippen LogP contribution < -0.4 is 15.4 Å². The maximum Gasteiger partial charge on any atom is 0.313 e. The first-order chi connectivity index (χ1) is 12.5. The summed E-state index contributed by atoms with van der Waals surface area (Å²) in [6.45, 7) is 2.51. The number of benzene rings is 2. The minimum absolute atomic E-state index is 0.332. The molecule has 0 spiro atoms. The summed E-state index contributed by atoms with van der Waals surface area (Å²) in [6, 6.07) is 13.6. The largest absolute Gasteiger partial charge is 0.489 e. The van der Waals surface area contributed by atoms with Crippen LogP contribution in [-0.4, -0.2) is 32.1 Å². The van der Waals surface area contributed by atoms with Crippen LogP contribution >= 0.6 is 11.6 Å². The highest BCUT2D eigenvalue weighted by Gasteiger charge is 2.19. The van der Waals surface area contributed by atoms with E-state index in [1.165, 1.54) is 0 Å². The van der Waals surface area contributed by atoms with Gasteiger partial charge in [-0.05, 0) is 30.7 Å². The third kappa shape index (κ3) is 5.47. The predicted octanol–water partition coefficient (Wildman–Crippen LogP) is 3.18. The summed E-state index contributed by atoms with van der Waals surface area (Å²) < 4.78 is 10.5. The summed E-state index contributed by atoms with van der Waals surface area (Å²) >= 11 is 6.11. The molecule has 2 amide bonds. The number of amides is 2. The smallest absolute Gasteiger partial charge is 0.313 e. The van der Waals surface area contributed by atoms with Crippen molar-refractivity contribution in [1.82, 2.24) is 5.32 Å². The van der Waals surface area contributed by atoms with Crippen LogP contribution in [0, 0.1) is 0 Å². The highest BCUT2D eigenvalue weighted by Crippen LogP contribution is 2.24. The van der Waals surface area contributed by atoms with Gasteiger partial charge in [-0.3, -0.25) is 9.59 Å². The molecule has 2 aromatic rings. The van der Waals surface area contributed by atoms with Crippen molar-refractivity contribution in [2.45, 2.75) is 13.0 Å². The zero-order chi connectivity index (χ0) is 18.9. The van der Waals surface area contributed by atoms with Crippen molar-refractivity contribution in [3.63, 3.8) is 0 Å². The minimum Gasteiger partial charge on any atom is -0.489 e. The molecule has 26 heavy (non-hydrogen) atoms. The van der Waals surface area contributed by atoms with Gasteiger partial charge >= 0.3 is 11.8 Å².